The van der Waals surface area contributed by atoms with Crippen molar-refractivity contribution in [2.45, 2.75) is 12.6 Å². The molecule has 242 valence electrons. The second kappa shape index (κ2) is 16.9. The molecule has 0 spiro atoms. The molecule has 0 aliphatic carbocycles. The summed E-state index contributed by atoms with van der Waals surface area (Å²) in [7, 11) is 1.00. The number of nitrogens with two attached hydrogens (primary N) is 2. The van der Waals surface area contributed by atoms with E-state index in [1.54, 1.807) is 72.8 Å². The topological polar surface area (TPSA) is 149 Å². The van der Waals surface area contributed by atoms with Gasteiger partial charge < -0.3 is 26.3 Å². The number of ketones is 1. The van der Waals surface area contributed by atoms with Gasteiger partial charge in [0, 0.05) is 29.5 Å². The number of furan rings is 1. The molecule has 5 aromatic rings. The number of primary amides is 1. The molecule has 0 aliphatic heterocycles. The third-order valence-corrected chi connectivity index (χ3v) is 6.51. The summed E-state index contributed by atoms with van der Waals surface area (Å²) in [6.07, 6.45) is -0.801. The van der Waals surface area contributed by atoms with Crippen molar-refractivity contribution in [2.75, 3.05) is 18.2 Å². The predicted octanol–water partition coefficient (Wildman–Crippen LogP) is 6.84. The maximum Gasteiger partial charge on any atom is 0.416 e. The van der Waals surface area contributed by atoms with Gasteiger partial charge in [-0.25, -0.2) is 0 Å². The zero-order valence-electron chi connectivity index (χ0n) is 25.2. The maximum atomic E-state index is 13.4. The summed E-state index contributed by atoms with van der Waals surface area (Å²) in [6, 6.07) is 29.1. The fraction of sp³-hybridized carbons (Fsp3) is 0.0833. The van der Waals surface area contributed by atoms with E-state index in [-0.39, 0.29) is 24.2 Å². The van der Waals surface area contributed by atoms with Crippen molar-refractivity contribution >= 4 is 41.6 Å². The molecular formula is C36H32F3N3O5. The van der Waals surface area contributed by atoms with Crippen LogP contribution >= 0.6 is 0 Å². The van der Waals surface area contributed by atoms with Crippen molar-refractivity contribution in [1.82, 2.24) is 0 Å². The van der Waals surface area contributed by atoms with Gasteiger partial charge >= 0.3 is 6.18 Å². The largest absolute Gasteiger partial charge is 0.457 e. The van der Waals surface area contributed by atoms with E-state index in [4.69, 9.17) is 20.1 Å². The van der Waals surface area contributed by atoms with Crippen LogP contribution < -0.4 is 16.8 Å². The number of aliphatic hydroxyl groups excluding tert-OH is 1. The number of benzene rings is 4. The average Bonchev–Trinajstić information content (AvgIpc) is 3.55. The van der Waals surface area contributed by atoms with Gasteiger partial charge in [-0.15, -0.1) is 0 Å². The normalized spacial score (nSPS) is 10.7. The number of rotatable bonds is 8. The number of aliphatic hydroxyl groups is 1. The molecule has 1 heterocycles. The Kier molecular flexibility index (Phi) is 12.8. The van der Waals surface area contributed by atoms with Crippen LogP contribution in [0.4, 0.5) is 24.5 Å². The summed E-state index contributed by atoms with van der Waals surface area (Å²) in [5.74, 6) is 0.526. The quantitative estimate of drug-likeness (QED) is 0.0827. The minimum atomic E-state index is -4.46. The summed E-state index contributed by atoms with van der Waals surface area (Å²) in [5, 5.41) is 9.75. The van der Waals surface area contributed by atoms with Crippen LogP contribution in [0.3, 0.4) is 0 Å². The molecule has 8 nitrogen and oxygen atoms in total. The molecule has 0 unspecified atom stereocenters. The van der Waals surface area contributed by atoms with Crippen LogP contribution in [-0.2, 0) is 22.2 Å². The van der Waals surface area contributed by atoms with Gasteiger partial charge in [-0.05, 0) is 77.9 Å². The lowest BCUT2D eigenvalue weighted by atomic mass is 9.98. The van der Waals surface area contributed by atoms with E-state index in [0.717, 1.165) is 24.8 Å². The number of carbonyl (C=O) groups excluding carboxylic acids is 3. The van der Waals surface area contributed by atoms with E-state index in [2.05, 4.69) is 11.1 Å². The molecular weight excluding hydrogens is 611 g/mol. The van der Waals surface area contributed by atoms with Crippen molar-refractivity contribution in [3.05, 3.63) is 143 Å². The third kappa shape index (κ3) is 10.3. The first kappa shape index (κ1) is 35.5. The average molecular weight is 644 g/mol. The second-order valence-electron chi connectivity index (χ2n) is 9.71. The minimum absolute atomic E-state index is 0.159. The summed E-state index contributed by atoms with van der Waals surface area (Å²) >= 11 is 0. The van der Waals surface area contributed by atoms with Crippen LogP contribution in [0.5, 0.6) is 0 Å². The summed E-state index contributed by atoms with van der Waals surface area (Å²) in [4.78, 5) is 34.9. The molecule has 47 heavy (non-hydrogen) atoms. The number of nitrogen functional groups attached to an aromatic ring is 1. The van der Waals surface area contributed by atoms with E-state index in [1.165, 1.54) is 12.1 Å². The Morgan fingerprint density at radius 2 is 1.49 bits per heavy atom. The van der Waals surface area contributed by atoms with Crippen molar-refractivity contribution in [3.63, 3.8) is 0 Å². The first-order chi connectivity index (χ1) is 22.6. The molecule has 6 N–H and O–H groups in total. The standard InChI is InChI=1S/C34H25F3N2O3.CH3NO.CH4O/c35-34(36,37)26-12-6-23(7-13-26)21-32(40)39-30-18-9-22(20-29(30)33(41)25-4-2-1-3-5-25)8-16-28-17-19-31(42-28)24-10-14-27(38)15-11-24;2-1-3;1-2/h1-20H,21,38H2,(H,39,40);1H,(H2,2,3);2H,1H3/b16-8+;;. The van der Waals surface area contributed by atoms with Crippen LogP contribution in [0.1, 0.15) is 38.4 Å². The van der Waals surface area contributed by atoms with Gasteiger partial charge in [-0.1, -0.05) is 54.6 Å². The predicted molar refractivity (Wildman–Crippen MR) is 176 cm³/mol. The molecule has 0 fully saturated rings. The monoisotopic (exact) mass is 643 g/mol. The highest BCUT2D eigenvalue weighted by Gasteiger charge is 2.30. The SMILES string of the molecule is CO.NC=O.Nc1ccc(-c2ccc(/C=C/c3ccc(NC(=O)Cc4ccc(C(F)(F)F)cc4)c(C(=O)c4ccccc4)c3)o2)cc1. The lowest BCUT2D eigenvalue weighted by Crippen LogP contribution is -2.17. The van der Waals surface area contributed by atoms with Gasteiger partial charge in [0.25, 0.3) is 0 Å². The van der Waals surface area contributed by atoms with Crippen molar-refractivity contribution in [3.8, 4) is 11.3 Å². The number of anilines is 2. The zero-order valence-corrected chi connectivity index (χ0v) is 25.2. The molecule has 11 heteroatoms. The van der Waals surface area contributed by atoms with Gasteiger partial charge in [0.1, 0.15) is 11.5 Å². The van der Waals surface area contributed by atoms with Crippen LogP contribution in [0.15, 0.2) is 114 Å². The summed E-state index contributed by atoms with van der Waals surface area (Å²) < 4.78 is 44.5. The minimum Gasteiger partial charge on any atom is -0.457 e. The van der Waals surface area contributed by atoms with Gasteiger partial charge in [0.05, 0.1) is 17.7 Å². The maximum absolute atomic E-state index is 13.4. The Morgan fingerprint density at radius 3 is 2.11 bits per heavy atom. The summed E-state index contributed by atoms with van der Waals surface area (Å²) in [6.45, 7) is 0. The fourth-order valence-electron chi connectivity index (χ4n) is 4.32. The van der Waals surface area contributed by atoms with E-state index in [1.807, 2.05) is 24.3 Å². The van der Waals surface area contributed by atoms with Crippen molar-refractivity contribution in [1.29, 1.82) is 0 Å². The number of amides is 2. The second-order valence-corrected chi connectivity index (χ2v) is 9.71. The highest BCUT2D eigenvalue weighted by atomic mass is 19.4. The van der Waals surface area contributed by atoms with Crippen LogP contribution in [0, 0.1) is 0 Å². The number of hydrogen-bond acceptors (Lipinski definition) is 6. The molecule has 5 rings (SSSR count). The molecule has 4 aromatic carbocycles. The van der Waals surface area contributed by atoms with Gasteiger partial charge in [-0.2, -0.15) is 13.2 Å². The Morgan fingerprint density at radius 1 is 0.851 bits per heavy atom. The highest BCUT2D eigenvalue weighted by Crippen LogP contribution is 2.30. The molecule has 0 saturated carbocycles. The number of alkyl halides is 3. The van der Waals surface area contributed by atoms with Gasteiger partial charge in [0.2, 0.25) is 12.3 Å². The molecule has 1 aromatic heterocycles. The Labute approximate surface area is 269 Å². The molecule has 0 radical (unpaired) electrons. The number of hydrogen-bond donors (Lipinski definition) is 4. The lowest BCUT2D eigenvalue weighted by Gasteiger charge is -2.12. The number of carbonyl (C=O) groups is 3. The van der Waals surface area contributed by atoms with Crippen LogP contribution in [0.25, 0.3) is 23.5 Å². The molecule has 0 saturated heterocycles. The Balaban J connectivity index is 0.00000114. The first-order valence-corrected chi connectivity index (χ1v) is 14.0. The fourth-order valence-corrected chi connectivity index (χ4v) is 4.32. The van der Waals surface area contributed by atoms with Gasteiger partial charge in [-0.3, -0.25) is 14.4 Å². The Bertz CT molecular complexity index is 1800. The highest BCUT2D eigenvalue weighted by molar-refractivity contribution is 6.14. The van der Waals surface area contributed by atoms with Gasteiger partial charge in [0.15, 0.2) is 5.78 Å². The Hall–Kier alpha value is -5.94. The van der Waals surface area contributed by atoms with E-state index in [0.29, 0.717) is 39.6 Å². The smallest absolute Gasteiger partial charge is 0.416 e. The van der Waals surface area contributed by atoms with Crippen LogP contribution in [-0.4, -0.2) is 30.3 Å². The molecule has 2 amide bonds. The van der Waals surface area contributed by atoms with Crippen molar-refractivity contribution < 1.29 is 37.1 Å². The molecule has 0 aliphatic rings. The number of nitrogens with one attached hydrogen (secondary N) is 1. The third-order valence-electron chi connectivity index (χ3n) is 6.51. The molecule has 0 bridgehead atoms. The van der Waals surface area contributed by atoms with E-state index >= 15 is 0 Å². The van der Waals surface area contributed by atoms with E-state index < -0.39 is 17.6 Å². The first-order valence-electron chi connectivity index (χ1n) is 14.0. The zero-order chi connectivity index (χ0) is 34.4. The number of halogens is 3. The van der Waals surface area contributed by atoms with E-state index in [9.17, 15) is 22.8 Å². The van der Waals surface area contributed by atoms with Crippen LogP contribution in [0.2, 0.25) is 0 Å². The lowest BCUT2D eigenvalue weighted by molar-refractivity contribution is -0.137. The molecule has 0 atom stereocenters. The van der Waals surface area contributed by atoms with Crippen molar-refractivity contribution in [2.24, 2.45) is 5.73 Å². The summed E-state index contributed by atoms with van der Waals surface area (Å²) in [5.41, 5.74) is 12.8.